The van der Waals surface area contributed by atoms with E-state index in [0.717, 1.165) is 22.2 Å². The number of benzene rings is 1. The molecule has 212 valence electrons. The third kappa shape index (κ3) is 4.90. The second kappa shape index (κ2) is 10.8. The van der Waals surface area contributed by atoms with Gasteiger partial charge in [0.1, 0.15) is 11.4 Å². The van der Waals surface area contributed by atoms with E-state index >= 15 is 8.78 Å². The number of pyridine rings is 2. The van der Waals surface area contributed by atoms with Crippen LogP contribution in [0.5, 0.6) is 11.5 Å². The van der Waals surface area contributed by atoms with E-state index < -0.39 is 23.4 Å². The highest BCUT2D eigenvalue weighted by molar-refractivity contribution is 6.06. The van der Waals surface area contributed by atoms with Crippen LogP contribution in [0.4, 0.5) is 25.0 Å². The van der Waals surface area contributed by atoms with E-state index in [1.807, 2.05) is 13.1 Å². The van der Waals surface area contributed by atoms with Crippen molar-refractivity contribution in [2.75, 3.05) is 31.1 Å². The maximum absolute atomic E-state index is 15.5. The van der Waals surface area contributed by atoms with Crippen molar-refractivity contribution in [1.82, 2.24) is 25.1 Å². The van der Waals surface area contributed by atoms with E-state index in [9.17, 15) is 9.59 Å². The first kappa shape index (κ1) is 27.5. The van der Waals surface area contributed by atoms with Gasteiger partial charge in [0.2, 0.25) is 0 Å². The van der Waals surface area contributed by atoms with Crippen LogP contribution in [0.25, 0.3) is 11.3 Å². The number of carbonyl (C=O) groups excluding carboxylic acids is 2. The molecular formula is C28H27F2N7O4. The zero-order valence-electron chi connectivity index (χ0n) is 23.0. The van der Waals surface area contributed by atoms with Crippen molar-refractivity contribution >= 4 is 23.3 Å². The Kier molecular flexibility index (Phi) is 7.26. The number of aromatic nitrogens is 4. The fraction of sp³-hybridized carbons (Fsp3) is 0.250. The third-order valence-corrected chi connectivity index (χ3v) is 6.78. The number of rotatable bonds is 7. The molecule has 13 heteroatoms. The summed E-state index contributed by atoms with van der Waals surface area (Å²) in [5.41, 5.74) is 3.33. The van der Waals surface area contributed by atoms with Crippen LogP contribution in [0.15, 0.2) is 42.9 Å². The zero-order valence-corrected chi connectivity index (χ0v) is 23.0. The van der Waals surface area contributed by atoms with Crippen LogP contribution in [0.3, 0.4) is 0 Å². The molecule has 0 fully saturated rings. The van der Waals surface area contributed by atoms with Gasteiger partial charge in [0, 0.05) is 49.9 Å². The maximum atomic E-state index is 15.5. The molecule has 0 aliphatic carbocycles. The van der Waals surface area contributed by atoms with Crippen molar-refractivity contribution in [2.24, 2.45) is 7.05 Å². The smallest absolute Gasteiger partial charge is 0.329 e. The summed E-state index contributed by atoms with van der Waals surface area (Å²) in [7, 11) is 5.77. The van der Waals surface area contributed by atoms with E-state index in [1.54, 1.807) is 30.1 Å². The summed E-state index contributed by atoms with van der Waals surface area (Å²) < 4.78 is 42.9. The number of aryl methyl sites for hydroxylation is 2. The molecule has 5 rings (SSSR count). The lowest BCUT2D eigenvalue weighted by Gasteiger charge is -2.37. The molecule has 0 bridgehead atoms. The Bertz CT molecular complexity index is 1630. The molecule has 0 atom stereocenters. The normalized spacial score (nSPS) is 12.8. The van der Waals surface area contributed by atoms with Gasteiger partial charge in [-0.05, 0) is 24.6 Å². The highest BCUT2D eigenvalue weighted by atomic mass is 19.1. The molecule has 1 aliphatic rings. The number of urea groups is 1. The number of anilines is 2. The van der Waals surface area contributed by atoms with Crippen LogP contribution in [-0.4, -0.2) is 53.0 Å². The molecule has 41 heavy (non-hydrogen) atoms. The van der Waals surface area contributed by atoms with E-state index in [4.69, 9.17) is 9.47 Å². The molecule has 0 saturated heterocycles. The van der Waals surface area contributed by atoms with Crippen molar-refractivity contribution < 1.29 is 27.8 Å². The molecule has 0 spiro atoms. The summed E-state index contributed by atoms with van der Waals surface area (Å²) in [4.78, 5) is 37.1. The highest BCUT2D eigenvalue weighted by Gasteiger charge is 2.37. The van der Waals surface area contributed by atoms with Gasteiger partial charge >= 0.3 is 6.03 Å². The number of hydrogen-bond donors (Lipinski definition) is 1. The topological polar surface area (TPSA) is 115 Å². The van der Waals surface area contributed by atoms with Crippen molar-refractivity contribution in [1.29, 1.82) is 0 Å². The van der Waals surface area contributed by atoms with Crippen LogP contribution < -0.4 is 24.6 Å². The van der Waals surface area contributed by atoms with E-state index in [1.165, 1.54) is 38.4 Å². The van der Waals surface area contributed by atoms with Gasteiger partial charge in [-0.25, -0.2) is 13.6 Å². The van der Waals surface area contributed by atoms with Crippen LogP contribution in [0.2, 0.25) is 0 Å². The Labute approximate surface area is 234 Å². The number of hydrogen-bond acceptors (Lipinski definition) is 7. The number of fused-ring (bicyclic) bond motifs is 1. The predicted octanol–water partition coefficient (Wildman–Crippen LogP) is 3.99. The molecule has 0 unspecified atom stereocenters. The summed E-state index contributed by atoms with van der Waals surface area (Å²) in [6.07, 6.45) is 4.86. The average molecular weight is 564 g/mol. The molecule has 1 aromatic carbocycles. The number of amides is 3. The minimum Gasteiger partial charge on any atom is -0.493 e. The van der Waals surface area contributed by atoms with Gasteiger partial charge in [-0.2, -0.15) is 5.10 Å². The fourth-order valence-electron chi connectivity index (χ4n) is 4.73. The Hall–Kier alpha value is -5.07. The lowest BCUT2D eigenvalue weighted by atomic mass is 10.1. The lowest BCUT2D eigenvalue weighted by Crippen LogP contribution is -2.47. The van der Waals surface area contributed by atoms with Gasteiger partial charge in [0.15, 0.2) is 23.1 Å². The number of methoxy groups -OCH3 is 2. The number of nitrogens with zero attached hydrogens (tertiary/aromatic N) is 6. The minimum atomic E-state index is -1.05. The van der Waals surface area contributed by atoms with Gasteiger partial charge in [-0.3, -0.25) is 29.2 Å². The standard InChI is InChI=1S/C28H27F2N7O4/c1-15-18(14-35(3)34-15)20-8-21-17(11-33-20)13-37(26-24(29)22(40-4)9-23(41-5)25(26)30)28(39)36(21)12-16-6-7-19(32-10-16)27(38)31-2/h6-11,14H,12-13H2,1-5H3,(H,31,38). The Balaban J connectivity index is 1.64. The van der Waals surface area contributed by atoms with Crippen molar-refractivity contribution in [3.63, 3.8) is 0 Å². The first-order chi connectivity index (χ1) is 19.7. The van der Waals surface area contributed by atoms with Crippen molar-refractivity contribution in [3.05, 3.63) is 77.0 Å². The quantitative estimate of drug-likeness (QED) is 0.362. The monoisotopic (exact) mass is 563 g/mol. The molecule has 4 aromatic rings. The van der Waals surface area contributed by atoms with E-state index in [0.29, 0.717) is 22.5 Å². The summed E-state index contributed by atoms with van der Waals surface area (Å²) in [5, 5.41) is 6.88. The third-order valence-electron chi connectivity index (χ3n) is 6.78. The second-order valence-corrected chi connectivity index (χ2v) is 9.34. The first-order valence-electron chi connectivity index (χ1n) is 12.5. The van der Waals surface area contributed by atoms with Gasteiger partial charge in [-0.15, -0.1) is 0 Å². The molecular weight excluding hydrogens is 536 g/mol. The Morgan fingerprint density at radius 3 is 2.34 bits per heavy atom. The number of carbonyl (C=O) groups is 2. The zero-order chi connectivity index (χ0) is 29.4. The SMILES string of the molecule is CNC(=O)c1ccc(CN2C(=O)N(c3c(F)c(OC)cc(OC)c3F)Cc3cnc(-c4cn(C)nc4C)cc32)cn1. The summed E-state index contributed by atoms with van der Waals surface area (Å²) in [6.45, 7) is 1.67. The molecule has 1 aliphatic heterocycles. The van der Waals surface area contributed by atoms with E-state index in [-0.39, 0.29) is 36.2 Å². The molecule has 0 radical (unpaired) electrons. The van der Waals surface area contributed by atoms with Crippen LogP contribution in [0.1, 0.15) is 27.3 Å². The fourth-order valence-corrected chi connectivity index (χ4v) is 4.73. The van der Waals surface area contributed by atoms with Gasteiger partial charge in [0.25, 0.3) is 5.91 Å². The molecule has 1 N–H and O–H groups in total. The van der Waals surface area contributed by atoms with Gasteiger partial charge < -0.3 is 14.8 Å². The number of nitrogens with one attached hydrogen (secondary N) is 1. The first-order valence-corrected chi connectivity index (χ1v) is 12.5. The highest BCUT2D eigenvalue weighted by Crippen LogP contribution is 2.41. The molecule has 3 amide bonds. The molecule has 11 nitrogen and oxygen atoms in total. The predicted molar refractivity (Wildman–Crippen MR) is 146 cm³/mol. The molecule has 4 heterocycles. The van der Waals surface area contributed by atoms with Crippen LogP contribution in [-0.2, 0) is 20.1 Å². The maximum Gasteiger partial charge on any atom is 0.329 e. The van der Waals surface area contributed by atoms with Crippen LogP contribution in [0, 0.1) is 18.6 Å². The summed E-state index contributed by atoms with van der Waals surface area (Å²) in [6, 6.07) is 5.33. The second-order valence-electron chi connectivity index (χ2n) is 9.34. The van der Waals surface area contributed by atoms with Crippen LogP contribution >= 0.6 is 0 Å². The van der Waals surface area contributed by atoms with E-state index in [2.05, 4.69) is 20.4 Å². The van der Waals surface area contributed by atoms with Gasteiger partial charge in [0.05, 0.1) is 44.4 Å². The Morgan fingerprint density at radius 2 is 1.78 bits per heavy atom. The lowest BCUT2D eigenvalue weighted by molar-refractivity contribution is 0.0958. The average Bonchev–Trinajstić information content (AvgIpc) is 3.32. The Morgan fingerprint density at radius 1 is 1.07 bits per heavy atom. The number of ether oxygens (including phenoxy) is 2. The molecule has 3 aromatic heterocycles. The summed E-state index contributed by atoms with van der Waals surface area (Å²) in [5.74, 6) is -3.01. The van der Waals surface area contributed by atoms with Gasteiger partial charge in [-0.1, -0.05) is 6.07 Å². The minimum absolute atomic E-state index is 0.0107. The molecule has 0 saturated carbocycles. The largest absolute Gasteiger partial charge is 0.493 e. The van der Waals surface area contributed by atoms with Crippen molar-refractivity contribution in [2.45, 2.75) is 20.0 Å². The number of halogens is 2. The van der Waals surface area contributed by atoms with Crippen molar-refractivity contribution in [3.8, 4) is 22.8 Å². The summed E-state index contributed by atoms with van der Waals surface area (Å²) >= 11 is 0.